The third-order valence-electron chi connectivity index (χ3n) is 3.25. The molecule has 0 fully saturated rings. The number of rotatable bonds is 4. The number of para-hydroxylation sites is 1. The van der Waals surface area contributed by atoms with Gasteiger partial charge in [0.1, 0.15) is 0 Å². The van der Waals surface area contributed by atoms with Gasteiger partial charge in [-0.2, -0.15) is 0 Å². The second-order valence-electron chi connectivity index (χ2n) is 4.40. The molecule has 0 aliphatic carbocycles. The van der Waals surface area contributed by atoms with Crippen LogP contribution in [0.1, 0.15) is 33.3 Å². The summed E-state index contributed by atoms with van der Waals surface area (Å²) < 4.78 is 1.69. The summed E-state index contributed by atoms with van der Waals surface area (Å²) in [5.41, 5.74) is 1.84. The molecule has 1 aromatic carbocycles. The number of Topliss-reactive ketones (excluding diaryl/α,β-unsaturated/α-hetero) is 1. The summed E-state index contributed by atoms with van der Waals surface area (Å²) in [7, 11) is 0. The first-order chi connectivity index (χ1) is 8.99. The number of nitrogens with zero attached hydrogens (tertiary/aromatic N) is 1. The predicted molar refractivity (Wildman–Crippen MR) is 70.7 cm³/mol. The van der Waals surface area contributed by atoms with E-state index >= 15 is 0 Å². The van der Waals surface area contributed by atoms with Crippen LogP contribution < -0.4 is 0 Å². The van der Waals surface area contributed by atoms with E-state index in [4.69, 9.17) is 5.11 Å². The van der Waals surface area contributed by atoms with E-state index < -0.39 is 5.97 Å². The molecule has 0 aliphatic heterocycles. The van der Waals surface area contributed by atoms with E-state index in [2.05, 4.69) is 0 Å². The fourth-order valence-corrected chi connectivity index (χ4v) is 2.53. The van der Waals surface area contributed by atoms with Crippen molar-refractivity contribution in [3.8, 4) is 0 Å². The average molecular weight is 261 g/mol. The minimum atomic E-state index is -1.04. The van der Waals surface area contributed by atoms with Gasteiger partial charge in [0.15, 0.2) is 5.78 Å². The molecule has 0 unspecified atom stereocenters. The Kier molecular flexibility index (Phi) is 3.40. The summed E-state index contributed by atoms with van der Waals surface area (Å²) in [6.07, 6.45) is 0. The lowest BCUT2D eigenvalue weighted by Gasteiger charge is -2.07. The van der Waals surface area contributed by atoms with Crippen molar-refractivity contribution in [1.82, 2.24) is 4.57 Å². The van der Waals surface area contributed by atoms with Gasteiger partial charge in [-0.3, -0.25) is 4.79 Å². The number of carbonyl (C=O) groups is 2. The number of carbonyl (C=O) groups excluding carboxylic acids is 1. The number of hydrogen-bond donors (Lipinski definition) is 2. The molecule has 0 saturated carbocycles. The van der Waals surface area contributed by atoms with E-state index in [0.717, 1.165) is 0 Å². The van der Waals surface area contributed by atoms with Crippen LogP contribution in [0.15, 0.2) is 18.2 Å². The van der Waals surface area contributed by atoms with Crippen molar-refractivity contribution < 1.29 is 19.8 Å². The van der Waals surface area contributed by atoms with Crippen LogP contribution in [-0.4, -0.2) is 33.1 Å². The number of aliphatic hydroxyl groups excluding tert-OH is 1. The summed E-state index contributed by atoms with van der Waals surface area (Å²) in [6, 6.07) is 4.86. The molecule has 0 amide bonds. The number of ketones is 1. The van der Waals surface area contributed by atoms with Crippen LogP contribution >= 0.6 is 0 Å². The molecule has 5 nitrogen and oxygen atoms in total. The first-order valence-electron chi connectivity index (χ1n) is 5.96. The van der Waals surface area contributed by atoms with Crippen molar-refractivity contribution in [3.05, 3.63) is 35.0 Å². The summed E-state index contributed by atoms with van der Waals surface area (Å²) in [5, 5.41) is 19.0. The maximum absolute atomic E-state index is 11.8. The van der Waals surface area contributed by atoms with Crippen molar-refractivity contribution in [2.75, 3.05) is 6.61 Å². The van der Waals surface area contributed by atoms with Crippen LogP contribution in [0.5, 0.6) is 0 Å². The SMILES string of the molecule is CC(=O)c1c(C)n(CCO)c2c(C(=O)O)cccc12. The number of carboxylic acid groups (broad SMARTS) is 1. The van der Waals surface area contributed by atoms with Crippen LogP contribution in [0.4, 0.5) is 0 Å². The Morgan fingerprint density at radius 2 is 2.00 bits per heavy atom. The highest BCUT2D eigenvalue weighted by molar-refractivity contribution is 6.12. The van der Waals surface area contributed by atoms with Crippen molar-refractivity contribution in [2.45, 2.75) is 20.4 Å². The molecular weight excluding hydrogens is 246 g/mol. The van der Waals surface area contributed by atoms with E-state index in [-0.39, 0.29) is 24.5 Å². The smallest absolute Gasteiger partial charge is 0.337 e. The quantitative estimate of drug-likeness (QED) is 0.823. The maximum Gasteiger partial charge on any atom is 0.337 e. The van der Waals surface area contributed by atoms with Crippen LogP contribution in [0.2, 0.25) is 0 Å². The molecule has 0 aliphatic rings. The van der Waals surface area contributed by atoms with Gasteiger partial charge in [0.05, 0.1) is 17.7 Å². The highest BCUT2D eigenvalue weighted by atomic mass is 16.4. The molecule has 0 bridgehead atoms. The monoisotopic (exact) mass is 261 g/mol. The number of aliphatic hydroxyl groups is 1. The first-order valence-corrected chi connectivity index (χ1v) is 5.96. The van der Waals surface area contributed by atoms with Gasteiger partial charge in [-0.1, -0.05) is 12.1 Å². The molecule has 19 heavy (non-hydrogen) atoms. The van der Waals surface area contributed by atoms with Crippen molar-refractivity contribution in [2.24, 2.45) is 0 Å². The van der Waals surface area contributed by atoms with Crippen molar-refractivity contribution in [3.63, 3.8) is 0 Å². The van der Waals surface area contributed by atoms with E-state index in [9.17, 15) is 14.7 Å². The third-order valence-corrected chi connectivity index (χ3v) is 3.25. The van der Waals surface area contributed by atoms with E-state index in [0.29, 0.717) is 22.2 Å². The van der Waals surface area contributed by atoms with Crippen LogP contribution in [0.25, 0.3) is 10.9 Å². The van der Waals surface area contributed by atoms with Gasteiger partial charge in [0.2, 0.25) is 0 Å². The Hall–Kier alpha value is -2.14. The first kappa shape index (κ1) is 13.3. The molecule has 2 aromatic rings. The Balaban J connectivity index is 2.93. The van der Waals surface area contributed by atoms with E-state index in [1.165, 1.54) is 13.0 Å². The topological polar surface area (TPSA) is 79.5 Å². The molecule has 2 rings (SSSR count). The fourth-order valence-electron chi connectivity index (χ4n) is 2.53. The third kappa shape index (κ3) is 2.02. The van der Waals surface area contributed by atoms with Gasteiger partial charge in [0, 0.05) is 23.2 Å². The number of aromatic carboxylic acids is 1. The zero-order valence-corrected chi connectivity index (χ0v) is 10.8. The molecule has 0 saturated heterocycles. The summed E-state index contributed by atoms with van der Waals surface area (Å²) >= 11 is 0. The Bertz CT molecular complexity index is 670. The molecule has 1 heterocycles. The number of hydrogen-bond acceptors (Lipinski definition) is 3. The fraction of sp³-hybridized carbons (Fsp3) is 0.286. The van der Waals surface area contributed by atoms with E-state index in [1.54, 1.807) is 23.6 Å². The molecule has 0 spiro atoms. The molecular formula is C14H15NO4. The second kappa shape index (κ2) is 4.85. The predicted octanol–water partition coefficient (Wildman–Crippen LogP) is 1.84. The number of carboxylic acids is 1. The Labute approximate surface area is 110 Å². The van der Waals surface area contributed by atoms with Crippen LogP contribution in [-0.2, 0) is 6.54 Å². The largest absolute Gasteiger partial charge is 0.478 e. The average Bonchev–Trinajstić information content (AvgIpc) is 2.62. The highest BCUT2D eigenvalue weighted by Crippen LogP contribution is 2.29. The van der Waals surface area contributed by atoms with Crippen molar-refractivity contribution >= 4 is 22.7 Å². The summed E-state index contributed by atoms with van der Waals surface area (Å²) in [5.74, 6) is -1.15. The zero-order valence-electron chi connectivity index (χ0n) is 10.8. The van der Waals surface area contributed by atoms with Gasteiger partial charge in [0.25, 0.3) is 0 Å². The molecule has 5 heteroatoms. The second-order valence-corrected chi connectivity index (χ2v) is 4.40. The number of fused-ring (bicyclic) bond motifs is 1. The van der Waals surface area contributed by atoms with Gasteiger partial charge >= 0.3 is 5.97 Å². The maximum atomic E-state index is 11.8. The minimum absolute atomic E-state index is 0.110. The highest BCUT2D eigenvalue weighted by Gasteiger charge is 2.21. The van der Waals surface area contributed by atoms with Crippen LogP contribution in [0, 0.1) is 6.92 Å². The Morgan fingerprint density at radius 3 is 2.53 bits per heavy atom. The lowest BCUT2D eigenvalue weighted by molar-refractivity contribution is 0.0698. The molecule has 1 aromatic heterocycles. The normalized spacial score (nSPS) is 10.9. The van der Waals surface area contributed by atoms with Gasteiger partial charge in [-0.15, -0.1) is 0 Å². The number of aromatic nitrogens is 1. The molecule has 0 atom stereocenters. The van der Waals surface area contributed by atoms with Gasteiger partial charge < -0.3 is 14.8 Å². The number of benzene rings is 1. The van der Waals surface area contributed by atoms with Gasteiger partial charge in [-0.25, -0.2) is 4.79 Å². The standard InChI is InChI=1S/C14H15NO4/c1-8-12(9(2)17)10-4-3-5-11(14(18)19)13(10)15(8)6-7-16/h3-5,16H,6-7H2,1-2H3,(H,18,19). The molecule has 2 N–H and O–H groups in total. The zero-order chi connectivity index (χ0) is 14.2. The summed E-state index contributed by atoms with van der Waals surface area (Å²) in [4.78, 5) is 23.1. The van der Waals surface area contributed by atoms with Crippen molar-refractivity contribution in [1.29, 1.82) is 0 Å². The Morgan fingerprint density at radius 1 is 1.32 bits per heavy atom. The molecule has 100 valence electrons. The van der Waals surface area contributed by atoms with Crippen LogP contribution in [0.3, 0.4) is 0 Å². The summed E-state index contributed by atoms with van der Waals surface area (Å²) in [6.45, 7) is 3.37. The minimum Gasteiger partial charge on any atom is -0.478 e. The lowest BCUT2D eigenvalue weighted by atomic mass is 10.1. The molecule has 0 radical (unpaired) electrons. The van der Waals surface area contributed by atoms with Gasteiger partial charge in [-0.05, 0) is 19.9 Å². The lowest BCUT2D eigenvalue weighted by Crippen LogP contribution is -2.08. The van der Waals surface area contributed by atoms with E-state index in [1.807, 2.05) is 0 Å².